The first-order valence-electron chi connectivity index (χ1n) is 7.29. The fraction of sp³-hybridized carbons (Fsp3) is 0.562. The summed E-state index contributed by atoms with van der Waals surface area (Å²) in [6, 6.07) is 9.21. The summed E-state index contributed by atoms with van der Waals surface area (Å²) in [5, 5.41) is 3.08. The Morgan fingerprint density at radius 3 is 2.40 bits per heavy atom. The zero-order valence-electron chi connectivity index (χ0n) is 12.0. The van der Waals surface area contributed by atoms with E-state index in [0.29, 0.717) is 5.92 Å². The molecule has 1 fully saturated rings. The van der Waals surface area contributed by atoms with Crippen molar-refractivity contribution in [3.05, 3.63) is 35.9 Å². The number of carbonyl (C=O) groups excluding carboxylic acids is 1. The molecule has 0 aromatic heterocycles. The Hall–Kier alpha value is -1.06. The van der Waals surface area contributed by atoms with Gasteiger partial charge in [0.1, 0.15) is 6.04 Å². The van der Waals surface area contributed by atoms with Crippen molar-refractivity contribution in [2.45, 2.75) is 51.1 Å². The fourth-order valence-corrected chi connectivity index (χ4v) is 2.88. The first-order valence-corrected chi connectivity index (χ1v) is 7.29. The minimum Gasteiger partial charge on any atom is -0.352 e. The van der Waals surface area contributed by atoms with E-state index < -0.39 is 6.04 Å². The van der Waals surface area contributed by atoms with Crippen LogP contribution in [-0.4, -0.2) is 11.9 Å². The number of nitrogens with one attached hydrogen (secondary N) is 1. The highest BCUT2D eigenvalue weighted by atomic mass is 35.5. The Morgan fingerprint density at radius 2 is 1.80 bits per heavy atom. The van der Waals surface area contributed by atoms with Crippen molar-refractivity contribution < 1.29 is 4.79 Å². The summed E-state index contributed by atoms with van der Waals surface area (Å²) in [7, 11) is 0. The van der Waals surface area contributed by atoms with Crippen molar-refractivity contribution in [2.24, 2.45) is 11.7 Å². The van der Waals surface area contributed by atoms with E-state index in [2.05, 4.69) is 12.2 Å². The molecule has 1 amide bonds. The second-order valence-electron chi connectivity index (χ2n) is 5.58. The van der Waals surface area contributed by atoms with Crippen LogP contribution in [-0.2, 0) is 4.79 Å². The SMILES string of the molecule is CC(NC(=O)C(N)c1ccccc1)C1CCCCC1.Cl. The first kappa shape index (κ1) is 17.0. The van der Waals surface area contributed by atoms with Crippen LogP contribution in [0.3, 0.4) is 0 Å². The highest BCUT2D eigenvalue weighted by Crippen LogP contribution is 2.26. The van der Waals surface area contributed by atoms with E-state index in [-0.39, 0.29) is 24.4 Å². The Kier molecular flexibility index (Phi) is 7.03. The maximum absolute atomic E-state index is 12.2. The molecule has 0 radical (unpaired) electrons. The van der Waals surface area contributed by atoms with E-state index in [0.717, 1.165) is 5.56 Å². The van der Waals surface area contributed by atoms with E-state index in [1.165, 1.54) is 32.1 Å². The zero-order valence-corrected chi connectivity index (χ0v) is 12.9. The van der Waals surface area contributed by atoms with Gasteiger partial charge in [0.15, 0.2) is 0 Å². The van der Waals surface area contributed by atoms with E-state index >= 15 is 0 Å². The van der Waals surface area contributed by atoms with E-state index in [9.17, 15) is 4.79 Å². The van der Waals surface area contributed by atoms with Gasteiger partial charge < -0.3 is 11.1 Å². The molecule has 20 heavy (non-hydrogen) atoms. The van der Waals surface area contributed by atoms with Crippen molar-refractivity contribution in [1.82, 2.24) is 5.32 Å². The molecule has 0 saturated heterocycles. The Bertz CT molecular complexity index is 404. The number of amides is 1. The summed E-state index contributed by atoms with van der Waals surface area (Å²) in [5.74, 6) is 0.546. The van der Waals surface area contributed by atoms with Crippen LogP contribution < -0.4 is 11.1 Å². The molecule has 1 aliphatic carbocycles. The van der Waals surface area contributed by atoms with Crippen LogP contribution in [0, 0.1) is 5.92 Å². The van der Waals surface area contributed by atoms with Crippen molar-refractivity contribution in [1.29, 1.82) is 0 Å². The topological polar surface area (TPSA) is 55.1 Å². The van der Waals surface area contributed by atoms with Crippen LogP contribution in [0.15, 0.2) is 30.3 Å². The fourth-order valence-electron chi connectivity index (χ4n) is 2.88. The lowest BCUT2D eigenvalue weighted by Gasteiger charge is -2.29. The van der Waals surface area contributed by atoms with Gasteiger partial charge in [-0.15, -0.1) is 12.4 Å². The summed E-state index contributed by atoms with van der Waals surface area (Å²) in [4.78, 5) is 12.2. The average Bonchev–Trinajstić information content (AvgIpc) is 2.48. The second kappa shape index (κ2) is 8.28. The van der Waals surface area contributed by atoms with Crippen molar-refractivity contribution >= 4 is 18.3 Å². The molecular formula is C16H25ClN2O. The highest BCUT2D eigenvalue weighted by molar-refractivity contribution is 5.85. The van der Waals surface area contributed by atoms with Gasteiger partial charge in [-0.25, -0.2) is 0 Å². The number of nitrogens with two attached hydrogens (primary N) is 1. The average molecular weight is 297 g/mol. The lowest BCUT2D eigenvalue weighted by atomic mass is 9.84. The molecule has 0 spiro atoms. The highest BCUT2D eigenvalue weighted by Gasteiger charge is 2.24. The molecule has 1 aromatic carbocycles. The van der Waals surface area contributed by atoms with Crippen LogP contribution >= 0.6 is 12.4 Å². The third kappa shape index (κ3) is 4.50. The first-order chi connectivity index (χ1) is 9.18. The number of rotatable bonds is 4. The molecule has 0 bridgehead atoms. The molecule has 0 aliphatic heterocycles. The minimum absolute atomic E-state index is 0. The van der Waals surface area contributed by atoms with Gasteiger partial charge in [-0.2, -0.15) is 0 Å². The van der Waals surface area contributed by atoms with E-state index in [1.807, 2.05) is 30.3 Å². The van der Waals surface area contributed by atoms with Crippen LogP contribution in [0.1, 0.15) is 50.6 Å². The molecule has 1 aliphatic rings. The van der Waals surface area contributed by atoms with Gasteiger partial charge in [0.2, 0.25) is 5.91 Å². The largest absolute Gasteiger partial charge is 0.352 e. The summed E-state index contributed by atoms with van der Waals surface area (Å²) in [6.07, 6.45) is 6.36. The maximum atomic E-state index is 12.2. The molecule has 112 valence electrons. The van der Waals surface area contributed by atoms with Gasteiger partial charge in [0, 0.05) is 6.04 Å². The van der Waals surface area contributed by atoms with Crippen LogP contribution in [0.2, 0.25) is 0 Å². The van der Waals surface area contributed by atoms with Gasteiger partial charge in [-0.3, -0.25) is 4.79 Å². The van der Waals surface area contributed by atoms with Gasteiger partial charge in [0.05, 0.1) is 0 Å². The zero-order chi connectivity index (χ0) is 13.7. The monoisotopic (exact) mass is 296 g/mol. The predicted molar refractivity (Wildman–Crippen MR) is 84.8 cm³/mol. The smallest absolute Gasteiger partial charge is 0.241 e. The second-order valence-corrected chi connectivity index (χ2v) is 5.58. The molecule has 2 rings (SSSR count). The summed E-state index contributed by atoms with van der Waals surface area (Å²) >= 11 is 0. The van der Waals surface area contributed by atoms with Crippen LogP contribution in [0.5, 0.6) is 0 Å². The molecule has 1 saturated carbocycles. The number of hydrogen-bond donors (Lipinski definition) is 2. The molecule has 2 unspecified atom stereocenters. The van der Waals surface area contributed by atoms with Crippen molar-refractivity contribution in [3.8, 4) is 0 Å². The van der Waals surface area contributed by atoms with Gasteiger partial charge >= 0.3 is 0 Å². The quantitative estimate of drug-likeness (QED) is 0.896. The number of carbonyl (C=O) groups is 1. The van der Waals surface area contributed by atoms with E-state index in [1.54, 1.807) is 0 Å². The van der Waals surface area contributed by atoms with E-state index in [4.69, 9.17) is 5.73 Å². The molecule has 0 heterocycles. The van der Waals surface area contributed by atoms with Gasteiger partial charge in [0.25, 0.3) is 0 Å². The molecule has 3 nitrogen and oxygen atoms in total. The third-order valence-corrected chi connectivity index (χ3v) is 4.17. The van der Waals surface area contributed by atoms with Gasteiger partial charge in [-0.1, -0.05) is 49.6 Å². The predicted octanol–water partition coefficient (Wildman–Crippen LogP) is 3.19. The molecule has 1 aromatic rings. The van der Waals surface area contributed by atoms with Crippen molar-refractivity contribution in [2.75, 3.05) is 0 Å². The normalized spacial score (nSPS) is 18.7. The standard InChI is InChI=1S/C16H24N2O.ClH/c1-12(13-8-4-2-5-9-13)18-16(19)15(17)14-10-6-3-7-11-14;/h3,6-7,10-13,15H,2,4-5,8-9,17H2,1H3,(H,18,19);1H. The Balaban J connectivity index is 0.00000200. The molecule has 3 N–H and O–H groups in total. The third-order valence-electron chi connectivity index (χ3n) is 4.17. The summed E-state index contributed by atoms with van der Waals surface area (Å²) < 4.78 is 0. The molecular weight excluding hydrogens is 272 g/mol. The lowest BCUT2D eigenvalue weighted by molar-refractivity contribution is -0.123. The number of hydrogen-bond acceptors (Lipinski definition) is 2. The number of halogens is 1. The minimum atomic E-state index is -0.563. The number of benzene rings is 1. The van der Waals surface area contributed by atoms with Crippen LogP contribution in [0.4, 0.5) is 0 Å². The maximum Gasteiger partial charge on any atom is 0.241 e. The lowest BCUT2D eigenvalue weighted by Crippen LogP contribution is -2.43. The summed E-state index contributed by atoms with van der Waals surface area (Å²) in [5.41, 5.74) is 6.88. The van der Waals surface area contributed by atoms with Crippen LogP contribution in [0.25, 0.3) is 0 Å². The molecule has 4 heteroatoms. The Labute approximate surface area is 127 Å². The van der Waals surface area contributed by atoms with Gasteiger partial charge in [-0.05, 0) is 31.2 Å². The Morgan fingerprint density at radius 1 is 1.20 bits per heavy atom. The summed E-state index contributed by atoms with van der Waals surface area (Å²) in [6.45, 7) is 2.10. The molecule has 2 atom stereocenters. The van der Waals surface area contributed by atoms with Crippen molar-refractivity contribution in [3.63, 3.8) is 0 Å².